The molecule has 2 rings (SSSR count). The number of benzene rings is 2. The number of rotatable bonds is 5. The summed E-state index contributed by atoms with van der Waals surface area (Å²) in [5, 5.41) is 2.54. The van der Waals surface area contributed by atoms with Crippen LogP contribution in [0.15, 0.2) is 47.4 Å². The Morgan fingerprint density at radius 2 is 2.00 bits per heavy atom. The molecule has 0 bridgehead atoms. The van der Waals surface area contributed by atoms with E-state index in [1.54, 1.807) is 23.9 Å². The minimum absolute atomic E-state index is 0.0404. The number of amides is 1. The molecule has 0 spiro atoms. The van der Waals surface area contributed by atoms with Gasteiger partial charge >= 0.3 is 0 Å². The summed E-state index contributed by atoms with van der Waals surface area (Å²) < 4.78 is 18.4. The number of carbonyl (C=O) groups is 1. The first-order valence-electron chi connectivity index (χ1n) is 6.10. The third-order valence-electron chi connectivity index (χ3n) is 2.63. The molecule has 3 nitrogen and oxygen atoms in total. The Hall–Kier alpha value is -1.72. The number of hydrogen-bond acceptors (Lipinski definition) is 3. The summed E-state index contributed by atoms with van der Waals surface area (Å²) in [6, 6.07) is 11.4. The summed E-state index contributed by atoms with van der Waals surface area (Å²) in [4.78, 5) is 12.8. The number of thioether (sulfide) groups is 1. The molecule has 0 radical (unpaired) electrons. The second-order valence-corrected chi connectivity index (χ2v) is 5.43. The van der Waals surface area contributed by atoms with Gasteiger partial charge in [-0.2, -0.15) is 0 Å². The largest absolute Gasteiger partial charge is 0.484 e. The summed E-state index contributed by atoms with van der Waals surface area (Å²) in [6.07, 6.45) is 1.98. The lowest BCUT2D eigenvalue weighted by atomic mass is 10.3. The minimum Gasteiger partial charge on any atom is -0.484 e. The molecule has 1 N–H and O–H groups in total. The van der Waals surface area contributed by atoms with Crippen molar-refractivity contribution in [3.63, 3.8) is 0 Å². The molecule has 110 valence electrons. The van der Waals surface area contributed by atoms with Gasteiger partial charge in [0.2, 0.25) is 0 Å². The molecule has 0 saturated heterocycles. The molecule has 0 aliphatic rings. The maximum absolute atomic E-state index is 13.0. The quantitative estimate of drug-likeness (QED) is 0.836. The van der Waals surface area contributed by atoms with Crippen molar-refractivity contribution in [3.05, 3.63) is 53.3 Å². The van der Waals surface area contributed by atoms with Gasteiger partial charge in [-0.05, 0) is 48.7 Å². The van der Waals surface area contributed by atoms with Crippen molar-refractivity contribution in [1.29, 1.82) is 0 Å². The zero-order valence-corrected chi connectivity index (χ0v) is 12.8. The van der Waals surface area contributed by atoms with Crippen molar-refractivity contribution in [2.75, 3.05) is 18.2 Å². The molecule has 6 heteroatoms. The van der Waals surface area contributed by atoms with E-state index in [1.165, 1.54) is 18.2 Å². The Labute approximate surface area is 131 Å². The van der Waals surface area contributed by atoms with Gasteiger partial charge in [-0.3, -0.25) is 4.79 Å². The molecule has 0 aromatic heterocycles. The predicted molar refractivity (Wildman–Crippen MR) is 83.8 cm³/mol. The number of anilines is 1. The zero-order valence-electron chi connectivity index (χ0n) is 11.2. The highest BCUT2D eigenvalue weighted by Gasteiger charge is 2.06. The van der Waals surface area contributed by atoms with Crippen LogP contribution in [0.1, 0.15) is 0 Å². The van der Waals surface area contributed by atoms with Gasteiger partial charge in [-0.15, -0.1) is 11.8 Å². The van der Waals surface area contributed by atoms with Crippen LogP contribution in [-0.2, 0) is 4.79 Å². The van der Waals surface area contributed by atoms with Crippen molar-refractivity contribution >= 4 is 35.0 Å². The number of carbonyl (C=O) groups excluding carboxylic acids is 1. The fourth-order valence-corrected chi connectivity index (χ4v) is 2.18. The molecule has 0 fully saturated rings. The number of nitrogens with one attached hydrogen (secondary N) is 1. The predicted octanol–water partition coefficient (Wildman–Crippen LogP) is 4.22. The SMILES string of the molecule is CSc1ccc(OCC(=O)Nc2ccc(F)c(Cl)c2)cc1. The first-order chi connectivity index (χ1) is 10.1. The zero-order chi connectivity index (χ0) is 15.2. The van der Waals surface area contributed by atoms with Gasteiger partial charge in [0.25, 0.3) is 5.91 Å². The third kappa shape index (κ3) is 4.65. The molecule has 2 aromatic rings. The van der Waals surface area contributed by atoms with E-state index in [2.05, 4.69) is 5.32 Å². The van der Waals surface area contributed by atoms with Crippen molar-refractivity contribution in [2.24, 2.45) is 0 Å². The average molecular weight is 326 g/mol. The fraction of sp³-hybridized carbons (Fsp3) is 0.133. The highest BCUT2D eigenvalue weighted by molar-refractivity contribution is 7.98. The first-order valence-corrected chi connectivity index (χ1v) is 7.70. The van der Waals surface area contributed by atoms with E-state index >= 15 is 0 Å². The summed E-state index contributed by atoms with van der Waals surface area (Å²) in [5.41, 5.74) is 0.424. The molecule has 0 atom stereocenters. The van der Waals surface area contributed by atoms with E-state index in [-0.39, 0.29) is 17.5 Å². The van der Waals surface area contributed by atoms with E-state index in [4.69, 9.17) is 16.3 Å². The van der Waals surface area contributed by atoms with Crippen molar-refractivity contribution < 1.29 is 13.9 Å². The highest BCUT2D eigenvalue weighted by Crippen LogP contribution is 2.20. The van der Waals surface area contributed by atoms with Crippen LogP contribution in [-0.4, -0.2) is 18.8 Å². The van der Waals surface area contributed by atoms with Gasteiger partial charge in [-0.1, -0.05) is 11.6 Å². The van der Waals surface area contributed by atoms with Crippen LogP contribution in [0, 0.1) is 5.82 Å². The van der Waals surface area contributed by atoms with Crippen LogP contribution in [0.5, 0.6) is 5.75 Å². The van der Waals surface area contributed by atoms with Gasteiger partial charge in [0.05, 0.1) is 5.02 Å². The Kier molecular flexibility index (Phi) is 5.47. The normalized spacial score (nSPS) is 10.2. The maximum Gasteiger partial charge on any atom is 0.262 e. The summed E-state index contributed by atoms with van der Waals surface area (Å²) >= 11 is 7.27. The second-order valence-electron chi connectivity index (χ2n) is 4.14. The molecule has 0 heterocycles. The van der Waals surface area contributed by atoms with E-state index in [0.29, 0.717) is 11.4 Å². The van der Waals surface area contributed by atoms with Crippen LogP contribution in [0.4, 0.5) is 10.1 Å². The first kappa shape index (κ1) is 15.7. The topological polar surface area (TPSA) is 38.3 Å². The minimum atomic E-state index is -0.528. The summed E-state index contributed by atoms with van der Waals surface area (Å²) in [7, 11) is 0. The van der Waals surface area contributed by atoms with E-state index in [9.17, 15) is 9.18 Å². The fourth-order valence-electron chi connectivity index (χ4n) is 1.59. The standard InChI is InChI=1S/C15H13ClFNO2S/c1-21-12-5-3-11(4-6-12)20-9-15(19)18-10-2-7-14(17)13(16)8-10/h2-8H,9H2,1H3,(H,18,19). The summed E-state index contributed by atoms with van der Waals surface area (Å²) in [5.74, 6) is -0.258. The molecule has 2 aromatic carbocycles. The van der Waals surface area contributed by atoms with Gasteiger partial charge in [0.1, 0.15) is 11.6 Å². The molecular formula is C15H13ClFNO2S. The Morgan fingerprint density at radius 1 is 1.29 bits per heavy atom. The Bertz CT molecular complexity index is 634. The molecule has 0 unspecified atom stereocenters. The lowest BCUT2D eigenvalue weighted by Gasteiger charge is -2.08. The molecule has 0 saturated carbocycles. The highest BCUT2D eigenvalue weighted by atomic mass is 35.5. The molecule has 1 amide bonds. The molecule has 0 aliphatic heterocycles. The van der Waals surface area contributed by atoms with Crippen molar-refractivity contribution in [1.82, 2.24) is 0 Å². The van der Waals surface area contributed by atoms with E-state index in [1.807, 2.05) is 18.4 Å². The van der Waals surface area contributed by atoms with E-state index < -0.39 is 5.82 Å². The van der Waals surface area contributed by atoms with Gasteiger partial charge in [-0.25, -0.2) is 4.39 Å². The smallest absolute Gasteiger partial charge is 0.262 e. The lowest BCUT2D eigenvalue weighted by Crippen LogP contribution is -2.20. The van der Waals surface area contributed by atoms with Gasteiger partial charge in [0, 0.05) is 10.6 Å². The van der Waals surface area contributed by atoms with Crippen LogP contribution >= 0.6 is 23.4 Å². The third-order valence-corrected chi connectivity index (χ3v) is 3.67. The summed E-state index contributed by atoms with van der Waals surface area (Å²) in [6.45, 7) is -0.131. The van der Waals surface area contributed by atoms with E-state index in [0.717, 1.165) is 4.90 Å². The van der Waals surface area contributed by atoms with Crippen molar-refractivity contribution in [2.45, 2.75) is 4.90 Å². The number of halogens is 2. The Balaban J connectivity index is 1.87. The molecule has 21 heavy (non-hydrogen) atoms. The van der Waals surface area contributed by atoms with Crippen LogP contribution in [0.3, 0.4) is 0 Å². The lowest BCUT2D eigenvalue weighted by molar-refractivity contribution is -0.118. The molecule has 0 aliphatic carbocycles. The maximum atomic E-state index is 13.0. The van der Waals surface area contributed by atoms with Gasteiger partial charge < -0.3 is 10.1 Å². The monoisotopic (exact) mass is 325 g/mol. The number of hydrogen-bond donors (Lipinski definition) is 1. The van der Waals surface area contributed by atoms with Crippen molar-refractivity contribution in [3.8, 4) is 5.75 Å². The average Bonchev–Trinajstić information content (AvgIpc) is 2.49. The molecular weight excluding hydrogens is 313 g/mol. The second kappa shape index (κ2) is 7.33. The van der Waals surface area contributed by atoms with Gasteiger partial charge in [0.15, 0.2) is 6.61 Å². The van der Waals surface area contributed by atoms with Crippen LogP contribution in [0.25, 0.3) is 0 Å². The Morgan fingerprint density at radius 3 is 2.62 bits per heavy atom. The van der Waals surface area contributed by atoms with Crippen LogP contribution < -0.4 is 10.1 Å². The number of ether oxygens (including phenoxy) is 1. The van der Waals surface area contributed by atoms with Crippen LogP contribution in [0.2, 0.25) is 5.02 Å².